The van der Waals surface area contributed by atoms with Crippen LogP contribution in [0, 0.1) is 0 Å². The SMILES string of the molecule is CCOC(=O)C1=C(CNC(c2ccccc2)c2ccccc2)NC(=O)NC1C. The Morgan fingerprint density at radius 3 is 2.18 bits per heavy atom. The normalized spacial score (nSPS) is 16.5. The van der Waals surface area contributed by atoms with Crippen molar-refractivity contribution >= 4 is 12.0 Å². The summed E-state index contributed by atoms with van der Waals surface area (Å²) in [5.74, 6) is -0.421. The maximum absolute atomic E-state index is 12.4. The molecule has 3 N–H and O–H groups in total. The van der Waals surface area contributed by atoms with Crippen molar-refractivity contribution < 1.29 is 14.3 Å². The number of carbonyl (C=O) groups excluding carboxylic acids is 2. The molecule has 1 aliphatic rings. The van der Waals surface area contributed by atoms with E-state index in [1.807, 2.05) is 36.4 Å². The fourth-order valence-electron chi connectivity index (χ4n) is 3.34. The van der Waals surface area contributed by atoms with Crippen LogP contribution in [0.3, 0.4) is 0 Å². The van der Waals surface area contributed by atoms with Gasteiger partial charge in [-0.3, -0.25) is 0 Å². The Morgan fingerprint density at radius 1 is 1.07 bits per heavy atom. The molecule has 0 aliphatic carbocycles. The second-order valence-corrected chi connectivity index (χ2v) is 6.57. The van der Waals surface area contributed by atoms with E-state index in [9.17, 15) is 9.59 Å². The number of rotatable bonds is 7. The molecule has 146 valence electrons. The monoisotopic (exact) mass is 379 g/mol. The van der Waals surface area contributed by atoms with Crippen molar-refractivity contribution in [2.45, 2.75) is 25.9 Å². The second-order valence-electron chi connectivity index (χ2n) is 6.57. The number of hydrogen-bond acceptors (Lipinski definition) is 4. The van der Waals surface area contributed by atoms with Gasteiger partial charge in [-0.15, -0.1) is 0 Å². The standard InChI is InChI=1S/C22H25N3O3/c1-3-28-21(26)19-15(2)24-22(27)25-18(19)14-23-20(16-10-6-4-7-11-16)17-12-8-5-9-13-17/h4-13,15,20,23H,3,14H2,1-2H3,(H2,24,25,27). The first-order valence-electron chi connectivity index (χ1n) is 9.41. The Labute approximate surface area is 165 Å². The highest BCUT2D eigenvalue weighted by molar-refractivity contribution is 5.94. The molecule has 0 radical (unpaired) electrons. The van der Waals surface area contributed by atoms with E-state index in [0.717, 1.165) is 11.1 Å². The van der Waals surface area contributed by atoms with Gasteiger partial charge in [0.15, 0.2) is 0 Å². The molecule has 0 fully saturated rings. The molecule has 1 atom stereocenters. The van der Waals surface area contributed by atoms with Crippen molar-refractivity contribution in [3.05, 3.63) is 83.1 Å². The molecule has 2 amide bonds. The molecule has 6 nitrogen and oxygen atoms in total. The summed E-state index contributed by atoms with van der Waals surface area (Å²) < 4.78 is 5.18. The van der Waals surface area contributed by atoms with E-state index in [1.54, 1.807) is 13.8 Å². The topological polar surface area (TPSA) is 79.5 Å². The first-order chi connectivity index (χ1) is 13.6. The van der Waals surface area contributed by atoms with E-state index in [4.69, 9.17) is 4.74 Å². The van der Waals surface area contributed by atoms with Crippen LogP contribution in [-0.2, 0) is 9.53 Å². The smallest absolute Gasteiger partial charge is 0.337 e. The van der Waals surface area contributed by atoms with E-state index in [0.29, 0.717) is 17.8 Å². The summed E-state index contributed by atoms with van der Waals surface area (Å²) in [6, 6.07) is 19.3. The minimum Gasteiger partial charge on any atom is -0.463 e. The number of urea groups is 1. The van der Waals surface area contributed by atoms with Gasteiger partial charge >= 0.3 is 12.0 Å². The van der Waals surface area contributed by atoms with Crippen LogP contribution in [0.4, 0.5) is 4.79 Å². The van der Waals surface area contributed by atoms with Crippen molar-refractivity contribution in [2.75, 3.05) is 13.2 Å². The summed E-state index contributed by atoms with van der Waals surface area (Å²) in [4.78, 5) is 24.4. The van der Waals surface area contributed by atoms with E-state index >= 15 is 0 Å². The quantitative estimate of drug-likeness (QED) is 0.647. The zero-order valence-electron chi connectivity index (χ0n) is 16.1. The largest absolute Gasteiger partial charge is 0.463 e. The highest BCUT2D eigenvalue weighted by atomic mass is 16.5. The van der Waals surface area contributed by atoms with Gasteiger partial charge in [0.05, 0.1) is 24.3 Å². The van der Waals surface area contributed by atoms with Gasteiger partial charge in [-0.25, -0.2) is 9.59 Å². The van der Waals surface area contributed by atoms with E-state index in [1.165, 1.54) is 0 Å². The summed E-state index contributed by atoms with van der Waals surface area (Å²) in [5, 5.41) is 8.96. The van der Waals surface area contributed by atoms with Crippen molar-refractivity contribution in [3.8, 4) is 0 Å². The molecule has 0 bridgehead atoms. The summed E-state index contributed by atoms with van der Waals surface area (Å²) in [7, 11) is 0. The molecule has 2 aromatic carbocycles. The van der Waals surface area contributed by atoms with Gasteiger partial charge in [0.1, 0.15) is 0 Å². The first-order valence-corrected chi connectivity index (χ1v) is 9.41. The Morgan fingerprint density at radius 2 is 1.64 bits per heavy atom. The fraction of sp³-hybridized carbons (Fsp3) is 0.273. The number of hydrogen-bond donors (Lipinski definition) is 3. The highest BCUT2D eigenvalue weighted by Gasteiger charge is 2.30. The summed E-state index contributed by atoms with van der Waals surface area (Å²) >= 11 is 0. The van der Waals surface area contributed by atoms with Gasteiger partial charge in [-0.1, -0.05) is 60.7 Å². The Balaban J connectivity index is 1.89. The number of benzene rings is 2. The fourth-order valence-corrected chi connectivity index (χ4v) is 3.34. The van der Waals surface area contributed by atoms with Crippen LogP contribution in [0.1, 0.15) is 31.0 Å². The molecular formula is C22H25N3O3. The summed E-state index contributed by atoms with van der Waals surface area (Å²) in [6.07, 6.45) is 0. The van der Waals surface area contributed by atoms with Crippen LogP contribution in [0.2, 0.25) is 0 Å². The lowest BCUT2D eigenvalue weighted by Gasteiger charge is -2.28. The average molecular weight is 379 g/mol. The zero-order valence-corrected chi connectivity index (χ0v) is 16.1. The molecule has 28 heavy (non-hydrogen) atoms. The van der Waals surface area contributed by atoms with Gasteiger partial charge in [0, 0.05) is 12.2 Å². The van der Waals surface area contributed by atoms with Crippen molar-refractivity contribution in [3.63, 3.8) is 0 Å². The highest BCUT2D eigenvalue weighted by Crippen LogP contribution is 2.22. The third-order valence-electron chi connectivity index (χ3n) is 4.61. The Hall–Kier alpha value is -3.12. The summed E-state index contributed by atoms with van der Waals surface area (Å²) in [5.41, 5.74) is 3.17. The van der Waals surface area contributed by atoms with Gasteiger partial charge in [-0.2, -0.15) is 0 Å². The molecular weight excluding hydrogens is 354 g/mol. The molecule has 3 rings (SSSR count). The van der Waals surface area contributed by atoms with Gasteiger partial charge in [0.2, 0.25) is 0 Å². The number of esters is 1. The third-order valence-corrected chi connectivity index (χ3v) is 4.61. The van der Waals surface area contributed by atoms with Crippen LogP contribution >= 0.6 is 0 Å². The van der Waals surface area contributed by atoms with Crippen LogP contribution in [0.15, 0.2) is 71.9 Å². The average Bonchev–Trinajstić information content (AvgIpc) is 2.69. The molecule has 0 aromatic heterocycles. The van der Waals surface area contributed by atoms with Crippen molar-refractivity contribution in [2.24, 2.45) is 0 Å². The Kier molecular flexibility index (Phi) is 6.45. The van der Waals surface area contributed by atoms with E-state index < -0.39 is 12.0 Å². The lowest BCUT2D eigenvalue weighted by atomic mass is 9.98. The zero-order chi connectivity index (χ0) is 19.9. The third kappa shape index (κ3) is 4.58. The van der Waals surface area contributed by atoms with Gasteiger partial charge < -0.3 is 20.7 Å². The molecule has 0 saturated heterocycles. The predicted octanol–water partition coefficient (Wildman–Crippen LogP) is 2.88. The number of amides is 2. The van der Waals surface area contributed by atoms with E-state index in [2.05, 4.69) is 40.2 Å². The van der Waals surface area contributed by atoms with Crippen LogP contribution in [0.5, 0.6) is 0 Å². The number of ether oxygens (including phenoxy) is 1. The lowest BCUT2D eigenvalue weighted by molar-refractivity contribution is -0.139. The molecule has 2 aromatic rings. The lowest BCUT2D eigenvalue weighted by Crippen LogP contribution is -2.51. The van der Waals surface area contributed by atoms with Crippen LogP contribution in [-0.4, -0.2) is 31.2 Å². The molecule has 0 spiro atoms. The van der Waals surface area contributed by atoms with E-state index in [-0.39, 0.29) is 18.7 Å². The molecule has 1 aliphatic heterocycles. The number of carbonyl (C=O) groups is 2. The maximum Gasteiger partial charge on any atom is 0.337 e. The maximum atomic E-state index is 12.4. The molecule has 6 heteroatoms. The predicted molar refractivity (Wildman–Crippen MR) is 108 cm³/mol. The van der Waals surface area contributed by atoms with Gasteiger partial charge in [0.25, 0.3) is 0 Å². The Bertz CT molecular complexity index is 810. The van der Waals surface area contributed by atoms with Crippen molar-refractivity contribution in [1.29, 1.82) is 0 Å². The minimum atomic E-state index is -0.421. The van der Waals surface area contributed by atoms with Crippen molar-refractivity contribution in [1.82, 2.24) is 16.0 Å². The van der Waals surface area contributed by atoms with Gasteiger partial charge in [-0.05, 0) is 25.0 Å². The number of nitrogens with one attached hydrogen (secondary N) is 3. The molecule has 1 unspecified atom stereocenters. The van der Waals surface area contributed by atoms with Crippen LogP contribution in [0.25, 0.3) is 0 Å². The minimum absolute atomic E-state index is 0.0829. The molecule has 1 heterocycles. The second kappa shape index (κ2) is 9.19. The first kappa shape index (κ1) is 19.6. The van der Waals surface area contributed by atoms with Crippen LogP contribution < -0.4 is 16.0 Å². The summed E-state index contributed by atoms with van der Waals surface area (Å²) in [6.45, 7) is 4.13. The molecule has 0 saturated carbocycles.